The summed E-state index contributed by atoms with van der Waals surface area (Å²) in [6, 6.07) is 9.16. The summed E-state index contributed by atoms with van der Waals surface area (Å²) in [5.74, 6) is 0. The van der Waals surface area contributed by atoms with E-state index in [4.69, 9.17) is 11.6 Å². The van der Waals surface area contributed by atoms with E-state index in [-0.39, 0.29) is 0 Å². The van der Waals surface area contributed by atoms with Crippen LogP contribution in [0.5, 0.6) is 0 Å². The minimum atomic E-state index is 0.513. The monoisotopic (exact) mass is 207 g/mol. The van der Waals surface area contributed by atoms with Crippen LogP contribution in [0.15, 0.2) is 35.9 Å². The Morgan fingerprint density at radius 2 is 2.29 bits per heavy atom. The van der Waals surface area contributed by atoms with Gasteiger partial charge in [-0.25, -0.2) is 0 Å². The Labute approximate surface area is 89.8 Å². The Morgan fingerprint density at radius 3 is 3.14 bits per heavy atom. The molecule has 1 atom stereocenters. The normalized spacial score (nSPS) is 20.2. The van der Waals surface area contributed by atoms with Gasteiger partial charge in [-0.1, -0.05) is 41.9 Å². The van der Waals surface area contributed by atoms with Gasteiger partial charge in [0.25, 0.3) is 0 Å². The summed E-state index contributed by atoms with van der Waals surface area (Å²) in [4.78, 5) is 0. The summed E-state index contributed by atoms with van der Waals surface area (Å²) < 4.78 is 0. The van der Waals surface area contributed by atoms with Crippen molar-refractivity contribution >= 4 is 11.6 Å². The predicted octanol–water partition coefficient (Wildman–Crippen LogP) is 3.02. The van der Waals surface area contributed by atoms with Gasteiger partial charge in [0.15, 0.2) is 0 Å². The first-order chi connectivity index (χ1) is 6.92. The predicted molar refractivity (Wildman–Crippen MR) is 60.5 cm³/mol. The van der Waals surface area contributed by atoms with E-state index < -0.39 is 0 Å². The number of fused-ring (bicyclic) bond motifs is 1. The van der Waals surface area contributed by atoms with Crippen LogP contribution in [0.3, 0.4) is 0 Å². The number of hydrogen-bond acceptors (Lipinski definition) is 1. The second-order valence-corrected chi connectivity index (χ2v) is 3.81. The molecule has 1 unspecified atom stereocenters. The fourth-order valence-electron chi connectivity index (χ4n) is 2.02. The highest BCUT2D eigenvalue weighted by Gasteiger charge is 2.20. The van der Waals surface area contributed by atoms with E-state index in [1.165, 1.54) is 24.0 Å². The van der Waals surface area contributed by atoms with Gasteiger partial charge < -0.3 is 5.32 Å². The molecule has 0 bridgehead atoms. The van der Waals surface area contributed by atoms with Crippen molar-refractivity contribution in [1.82, 2.24) is 5.32 Å². The van der Waals surface area contributed by atoms with Crippen LogP contribution in [-0.4, -0.2) is 6.54 Å². The number of hydrogen-bond donors (Lipinski definition) is 1. The lowest BCUT2D eigenvalue weighted by molar-refractivity contribution is 0.564. The Morgan fingerprint density at radius 1 is 1.43 bits per heavy atom. The lowest BCUT2D eigenvalue weighted by Gasteiger charge is -2.11. The summed E-state index contributed by atoms with van der Waals surface area (Å²) in [5.41, 5.74) is 4.50. The molecule has 0 radical (unpaired) electrons. The first-order valence-corrected chi connectivity index (χ1v) is 5.42. The van der Waals surface area contributed by atoms with E-state index in [0.717, 1.165) is 6.54 Å². The minimum absolute atomic E-state index is 0.513. The molecular weight excluding hydrogens is 194 g/mol. The van der Waals surface area contributed by atoms with Crippen LogP contribution < -0.4 is 5.32 Å². The molecule has 0 saturated heterocycles. The number of rotatable bonds is 3. The average Bonchev–Trinajstić information content (AvgIpc) is 2.63. The highest BCUT2D eigenvalue weighted by atomic mass is 35.5. The standard InChI is InChI=1S/C12H14ClN/c13-8-3-9-14-12-7-6-10-4-1-2-5-11(10)12/h1-5,8,12,14H,6-7,9H2/b8-3-. The van der Waals surface area contributed by atoms with Gasteiger partial charge in [-0.3, -0.25) is 0 Å². The Hall–Kier alpha value is -0.790. The molecule has 2 heteroatoms. The zero-order valence-corrected chi connectivity index (χ0v) is 8.80. The molecule has 0 saturated carbocycles. The van der Waals surface area contributed by atoms with E-state index in [0.29, 0.717) is 6.04 Å². The molecule has 1 aliphatic carbocycles. The van der Waals surface area contributed by atoms with Crippen molar-refractivity contribution < 1.29 is 0 Å². The van der Waals surface area contributed by atoms with E-state index in [9.17, 15) is 0 Å². The molecule has 0 aromatic heterocycles. The quantitative estimate of drug-likeness (QED) is 0.804. The van der Waals surface area contributed by atoms with Gasteiger partial charge in [0.1, 0.15) is 0 Å². The summed E-state index contributed by atoms with van der Waals surface area (Å²) in [6.07, 6.45) is 4.33. The maximum Gasteiger partial charge on any atom is 0.0328 e. The Bertz CT molecular complexity index is 333. The number of nitrogens with one attached hydrogen (secondary N) is 1. The molecule has 0 fully saturated rings. The van der Waals surface area contributed by atoms with Crippen LogP contribution in [0.2, 0.25) is 0 Å². The van der Waals surface area contributed by atoms with Crippen LogP contribution in [0.4, 0.5) is 0 Å². The van der Waals surface area contributed by atoms with Gasteiger partial charge >= 0.3 is 0 Å². The highest BCUT2D eigenvalue weighted by Crippen LogP contribution is 2.30. The molecule has 0 spiro atoms. The lowest BCUT2D eigenvalue weighted by Crippen LogP contribution is -2.18. The van der Waals surface area contributed by atoms with Crippen molar-refractivity contribution in [3.63, 3.8) is 0 Å². The van der Waals surface area contributed by atoms with Crippen molar-refractivity contribution in [3.05, 3.63) is 47.0 Å². The smallest absolute Gasteiger partial charge is 0.0328 e. The maximum absolute atomic E-state index is 5.47. The van der Waals surface area contributed by atoms with Gasteiger partial charge in [0.2, 0.25) is 0 Å². The van der Waals surface area contributed by atoms with Crippen molar-refractivity contribution in [2.75, 3.05) is 6.54 Å². The third-order valence-corrected chi connectivity index (χ3v) is 2.88. The fourth-order valence-corrected chi connectivity index (χ4v) is 2.11. The molecule has 0 heterocycles. The minimum Gasteiger partial charge on any atom is -0.306 e. The molecule has 2 rings (SSSR count). The molecule has 74 valence electrons. The number of benzene rings is 1. The lowest BCUT2D eigenvalue weighted by atomic mass is 10.1. The van der Waals surface area contributed by atoms with E-state index in [1.807, 2.05) is 6.08 Å². The van der Waals surface area contributed by atoms with Crippen molar-refractivity contribution in [3.8, 4) is 0 Å². The molecular formula is C12H14ClN. The van der Waals surface area contributed by atoms with Crippen molar-refractivity contribution in [1.29, 1.82) is 0 Å². The summed E-state index contributed by atoms with van der Waals surface area (Å²) in [5, 5.41) is 3.47. The molecule has 1 N–H and O–H groups in total. The number of halogens is 1. The SMILES string of the molecule is Cl/C=C\CNC1CCc2ccccc21. The van der Waals surface area contributed by atoms with Gasteiger partial charge in [0, 0.05) is 18.1 Å². The molecule has 1 aromatic rings. The molecule has 1 nitrogen and oxygen atoms in total. The second-order valence-electron chi connectivity index (χ2n) is 3.56. The zero-order chi connectivity index (χ0) is 9.80. The number of aryl methyl sites for hydroxylation is 1. The van der Waals surface area contributed by atoms with Crippen LogP contribution in [-0.2, 0) is 6.42 Å². The fraction of sp³-hybridized carbons (Fsp3) is 0.333. The summed E-state index contributed by atoms with van der Waals surface area (Å²) in [6.45, 7) is 0.850. The largest absolute Gasteiger partial charge is 0.306 e. The molecule has 0 aliphatic heterocycles. The summed E-state index contributed by atoms with van der Waals surface area (Å²) >= 11 is 5.47. The third kappa shape index (κ3) is 1.99. The average molecular weight is 208 g/mol. The molecule has 14 heavy (non-hydrogen) atoms. The van der Waals surface area contributed by atoms with E-state index >= 15 is 0 Å². The Kier molecular flexibility index (Phi) is 3.22. The Balaban J connectivity index is 2.03. The first kappa shape index (κ1) is 9.75. The van der Waals surface area contributed by atoms with Crippen molar-refractivity contribution in [2.45, 2.75) is 18.9 Å². The highest BCUT2D eigenvalue weighted by molar-refractivity contribution is 6.25. The van der Waals surface area contributed by atoms with Gasteiger partial charge in [-0.2, -0.15) is 0 Å². The van der Waals surface area contributed by atoms with Gasteiger partial charge in [-0.05, 0) is 24.0 Å². The molecule has 1 aromatic carbocycles. The third-order valence-electron chi connectivity index (χ3n) is 2.70. The topological polar surface area (TPSA) is 12.0 Å². The van der Waals surface area contributed by atoms with E-state index in [1.54, 1.807) is 5.54 Å². The van der Waals surface area contributed by atoms with Gasteiger partial charge in [-0.15, -0.1) is 0 Å². The second kappa shape index (κ2) is 4.63. The van der Waals surface area contributed by atoms with Crippen molar-refractivity contribution in [2.24, 2.45) is 0 Å². The first-order valence-electron chi connectivity index (χ1n) is 4.98. The molecule has 1 aliphatic rings. The maximum atomic E-state index is 5.47. The zero-order valence-electron chi connectivity index (χ0n) is 8.04. The van der Waals surface area contributed by atoms with E-state index in [2.05, 4.69) is 29.6 Å². The van der Waals surface area contributed by atoms with Crippen LogP contribution >= 0.6 is 11.6 Å². The molecule has 0 amide bonds. The van der Waals surface area contributed by atoms with Crippen LogP contribution in [0, 0.1) is 0 Å². The van der Waals surface area contributed by atoms with Gasteiger partial charge in [0.05, 0.1) is 0 Å². The van der Waals surface area contributed by atoms with Crippen LogP contribution in [0.25, 0.3) is 0 Å². The van der Waals surface area contributed by atoms with Crippen LogP contribution in [0.1, 0.15) is 23.6 Å². The summed E-state index contributed by atoms with van der Waals surface area (Å²) in [7, 11) is 0.